The van der Waals surface area contributed by atoms with Crippen LogP contribution in [-0.2, 0) is 14.6 Å². The minimum atomic E-state index is -3.81. The zero-order chi connectivity index (χ0) is 31.5. The molecule has 10 nitrogen and oxygen atoms in total. The number of pyridine rings is 2. The van der Waals surface area contributed by atoms with E-state index in [2.05, 4.69) is 16.5 Å². The van der Waals surface area contributed by atoms with E-state index in [4.69, 9.17) is 28.2 Å². The van der Waals surface area contributed by atoms with Crippen LogP contribution >= 0.6 is 23.2 Å². The van der Waals surface area contributed by atoms with E-state index in [0.717, 1.165) is 4.57 Å². The lowest BCUT2D eigenvalue weighted by atomic mass is 10.1. The van der Waals surface area contributed by atoms with Crippen LogP contribution in [0.1, 0.15) is 25.5 Å². The Labute approximate surface area is 262 Å². The summed E-state index contributed by atoms with van der Waals surface area (Å²) >= 11 is 13.1. The molecule has 2 fully saturated rings. The number of aromatic nitrogens is 4. The largest absolute Gasteiger partial charge is 0.355 e. The lowest BCUT2D eigenvalue weighted by Crippen LogP contribution is -2.54. The highest BCUT2D eigenvalue weighted by Gasteiger charge is 2.40. The second-order valence-electron chi connectivity index (χ2n) is 10.9. The molecule has 2 aliphatic rings. The van der Waals surface area contributed by atoms with Gasteiger partial charge in [-0.15, -0.1) is 0 Å². The third kappa shape index (κ3) is 5.04. The van der Waals surface area contributed by atoms with Crippen molar-refractivity contribution < 1.29 is 17.6 Å². The first kappa shape index (κ1) is 30.2. The van der Waals surface area contributed by atoms with E-state index < -0.39 is 26.6 Å². The van der Waals surface area contributed by atoms with Gasteiger partial charge in [0, 0.05) is 31.9 Å². The van der Waals surface area contributed by atoms with Gasteiger partial charge in [-0.3, -0.25) is 9.78 Å². The summed E-state index contributed by atoms with van der Waals surface area (Å²) in [6, 6.07) is 6.76. The maximum atomic E-state index is 15.2. The van der Waals surface area contributed by atoms with Crippen molar-refractivity contribution in [1.29, 1.82) is 0 Å². The molecular weight excluding hydrogens is 630 g/mol. The Morgan fingerprint density at radius 3 is 2.55 bits per heavy atom. The summed E-state index contributed by atoms with van der Waals surface area (Å²) in [6.07, 6.45) is 3.65. The van der Waals surface area contributed by atoms with Crippen LogP contribution in [0.5, 0.6) is 0 Å². The molecule has 1 atom stereocenters. The Morgan fingerprint density at radius 1 is 1.14 bits per heavy atom. The molecule has 4 heterocycles. The second kappa shape index (κ2) is 11.2. The van der Waals surface area contributed by atoms with Gasteiger partial charge in [-0.2, -0.15) is 4.98 Å². The van der Waals surface area contributed by atoms with Gasteiger partial charge >= 0.3 is 5.69 Å². The number of piperazine rings is 1. The normalized spacial score (nSPS) is 17.2. The highest BCUT2D eigenvalue weighted by molar-refractivity contribution is 7.92. The molecule has 0 spiro atoms. The van der Waals surface area contributed by atoms with Crippen LogP contribution in [0.25, 0.3) is 28.0 Å². The van der Waals surface area contributed by atoms with Crippen LogP contribution in [-0.4, -0.2) is 69.7 Å². The number of benzene rings is 1. The van der Waals surface area contributed by atoms with Gasteiger partial charge in [0.15, 0.2) is 15.5 Å². The molecule has 0 N–H and O–H groups in total. The predicted octanol–water partition coefficient (Wildman–Crippen LogP) is 4.76. The fourth-order valence-electron chi connectivity index (χ4n) is 5.62. The smallest absolute Gasteiger partial charge is 0.350 e. The van der Waals surface area contributed by atoms with E-state index in [-0.39, 0.29) is 61.0 Å². The van der Waals surface area contributed by atoms with Crippen molar-refractivity contribution in [3.05, 3.63) is 81.2 Å². The van der Waals surface area contributed by atoms with Crippen molar-refractivity contribution in [2.45, 2.75) is 42.9 Å². The number of rotatable bonds is 6. The summed E-state index contributed by atoms with van der Waals surface area (Å²) in [5, 5.41) is -0.158. The maximum Gasteiger partial charge on any atom is 0.355 e. The van der Waals surface area contributed by atoms with Gasteiger partial charge in [-0.1, -0.05) is 35.8 Å². The average Bonchev–Trinajstić information content (AvgIpc) is 3.84. The van der Waals surface area contributed by atoms with E-state index in [0.29, 0.717) is 37.9 Å². The Bertz CT molecular complexity index is 2010. The summed E-state index contributed by atoms with van der Waals surface area (Å²) < 4.78 is 43.4. The molecule has 4 aromatic rings. The van der Waals surface area contributed by atoms with Crippen LogP contribution in [0.3, 0.4) is 0 Å². The number of sulfone groups is 1. The van der Waals surface area contributed by atoms with Crippen molar-refractivity contribution in [3.8, 4) is 16.9 Å². The summed E-state index contributed by atoms with van der Waals surface area (Å²) in [6.45, 7) is 8.06. The molecule has 1 saturated heterocycles. The minimum Gasteiger partial charge on any atom is -0.350 e. The number of fused-ring (bicyclic) bond motifs is 1. The third-order valence-electron chi connectivity index (χ3n) is 7.95. The molecule has 0 radical (unpaired) electrons. The second-order valence-corrected chi connectivity index (χ2v) is 13.9. The van der Waals surface area contributed by atoms with E-state index in [1.165, 1.54) is 42.6 Å². The number of amides is 1. The molecule has 6 rings (SSSR count). The Morgan fingerprint density at radius 2 is 1.89 bits per heavy atom. The number of carbonyl (C=O) groups excluding carboxylic acids is 1. The minimum absolute atomic E-state index is 0.00105. The summed E-state index contributed by atoms with van der Waals surface area (Å²) in [5.41, 5.74) is -0.640. The summed E-state index contributed by atoms with van der Waals surface area (Å²) in [7, 11) is -3.81. The van der Waals surface area contributed by atoms with E-state index in [9.17, 15) is 18.0 Å². The number of carbonyl (C=O) groups is 1. The Balaban J connectivity index is 1.66. The van der Waals surface area contributed by atoms with E-state index in [1.807, 2.05) is 11.8 Å². The molecule has 0 unspecified atom stereocenters. The van der Waals surface area contributed by atoms with Crippen molar-refractivity contribution >= 4 is 55.8 Å². The first-order chi connectivity index (χ1) is 20.9. The number of nitrogens with zero attached hydrogens (tertiary/aromatic N) is 6. The number of hydrogen-bond acceptors (Lipinski definition) is 8. The van der Waals surface area contributed by atoms with Crippen molar-refractivity contribution in [2.75, 3.05) is 24.5 Å². The van der Waals surface area contributed by atoms with Gasteiger partial charge in [0.1, 0.15) is 11.6 Å². The maximum absolute atomic E-state index is 15.2. The average molecular weight is 658 g/mol. The molecular formula is C30H27Cl2FN6O4S. The van der Waals surface area contributed by atoms with E-state index in [1.54, 1.807) is 11.8 Å². The highest BCUT2D eigenvalue weighted by atomic mass is 35.5. The lowest BCUT2D eigenvalue weighted by Gasteiger charge is -2.40. The quantitative estimate of drug-likeness (QED) is 0.273. The number of aryl methyl sites for hydroxylation is 1. The zero-order valence-corrected chi connectivity index (χ0v) is 26.1. The van der Waals surface area contributed by atoms with Crippen molar-refractivity contribution in [1.82, 2.24) is 24.4 Å². The molecule has 3 aromatic heterocycles. The van der Waals surface area contributed by atoms with Gasteiger partial charge < -0.3 is 9.80 Å². The molecule has 1 saturated carbocycles. The first-order valence-corrected chi connectivity index (χ1v) is 16.2. The lowest BCUT2D eigenvalue weighted by molar-refractivity contribution is -0.126. The topological polar surface area (TPSA) is 118 Å². The van der Waals surface area contributed by atoms with E-state index >= 15 is 4.39 Å². The van der Waals surface area contributed by atoms with Gasteiger partial charge in [-0.25, -0.2) is 27.2 Å². The summed E-state index contributed by atoms with van der Waals surface area (Å²) in [5.74, 6) is -0.647. The molecule has 14 heteroatoms. The summed E-state index contributed by atoms with van der Waals surface area (Å²) in [4.78, 5) is 43.2. The first-order valence-electron chi connectivity index (χ1n) is 13.9. The molecule has 44 heavy (non-hydrogen) atoms. The molecule has 1 aliphatic heterocycles. The zero-order valence-electron chi connectivity index (χ0n) is 23.8. The fraction of sp³-hybridized carbons (Fsp3) is 0.300. The van der Waals surface area contributed by atoms with Gasteiger partial charge in [0.05, 0.1) is 48.2 Å². The highest BCUT2D eigenvalue weighted by Crippen LogP contribution is 2.40. The molecule has 1 aliphatic carbocycles. The fourth-order valence-corrected chi connectivity index (χ4v) is 7.99. The van der Waals surface area contributed by atoms with Gasteiger partial charge in [0.25, 0.3) is 0 Å². The monoisotopic (exact) mass is 656 g/mol. The number of hydrogen-bond donors (Lipinski definition) is 0. The molecule has 1 amide bonds. The van der Waals surface area contributed by atoms with Crippen LogP contribution < -0.4 is 10.6 Å². The Kier molecular flexibility index (Phi) is 7.71. The van der Waals surface area contributed by atoms with Crippen LogP contribution in [0.15, 0.2) is 58.9 Å². The molecule has 1 aromatic carbocycles. The van der Waals surface area contributed by atoms with Crippen molar-refractivity contribution in [2.24, 2.45) is 0 Å². The van der Waals surface area contributed by atoms with Gasteiger partial charge in [-0.05, 0) is 57.0 Å². The predicted molar refractivity (Wildman–Crippen MR) is 167 cm³/mol. The molecule has 228 valence electrons. The SMILES string of the molecule is C=CC(=O)N1CCN(c2nc(=O)n(-c3c(S(=O)(=O)C4CC4)ccnc3C)c3nc(-c4c(F)cccc4Cl)c(Cl)cc23)[C@@H](C)C1. The standard InChI is InChI=1S/C30H27Cl2FN6O4S/c1-4-24(40)37-12-13-38(16(2)15-37)28-19-14-21(32)26(25-20(31)6-5-7-22(25)33)35-29(19)39(30(41)36-28)27-17(3)34-11-10-23(27)44(42,43)18-8-9-18/h4-7,10-11,14,16,18H,1,8-9,12-13,15H2,2-3H3/t16-/m0/s1. The van der Waals surface area contributed by atoms with Crippen LogP contribution in [0.2, 0.25) is 10.0 Å². The van der Waals surface area contributed by atoms with Crippen LogP contribution in [0, 0.1) is 12.7 Å². The number of halogens is 3. The Hall–Kier alpha value is -3.87. The molecule has 0 bridgehead atoms. The van der Waals surface area contributed by atoms with Crippen LogP contribution in [0.4, 0.5) is 10.2 Å². The number of anilines is 1. The van der Waals surface area contributed by atoms with Crippen molar-refractivity contribution in [3.63, 3.8) is 0 Å². The third-order valence-corrected chi connectivity index (χ3v) is 10.8. The van der Waals surface area contributed by atoms with Gasteiger partial charge in [0.2, 0.25) is 5.91 Å².